The van der Waals surface area contributed by atoms with E-state index in [1.165, 1.54) is 0 Å². The number of aliphatic carboxylic acids is 1. The molecule has 1 rings (SSSR count). The number of allylic oxidation sites excluding steroid dienone is 1. The number of carboxylic acid groups (broad SMARTS) is 1. The van der Waals surface area contributed by atoms with Gasteiger partial charge in [-0.15, -0.1) is 0 Å². The molecule has 0 heterocycles. The lowest BCUT2D eigenvalue weighted by Gasteiger charge is -2.17. The van der Waals surface area contributed by atoms with Gasteiger partial charge in [0, 0.05) is 23.1 Å². The predicted octanol–water partition coefficient (Wildman–Crippen LogP) is 4.77. The molecule has 0 aromatic heterocycles. The van der Waals surface area contributed by atoms with Crippen LogP contribution in [0.5, 0.6) is 0 Å². The molecule has 0 unspecified atom stereocenters. The van der Waals surface area contributed by atoms with E-state index in [1.807, 2.05) is 24.3 Å². The van der Waals surface area contributed by atoms with Crippen LogP contribution in [0.3, 0.4) is 0 Å². The number of nitrogens with one attached hydrogen (secondary N) is 1. The van der Waals surface area contributed by atoms with Crippen molar-refractivity contribution < 1.29 is 9.90 Å². The lowest BCUT2D eigenvalue weighted by atomic mass is 10.0. The number of unbranched alkanes of at least 4 members (excludes halogenated alkanes) is 1. The Bertz CT molecular complexity index is 506. The summed E-state index contributed by atoms with van der Waals surface area (Å²) >= 11 is 3.40. The number of benzene rings is 1. The van der Waals surface area contributed by atoms with Crippen LogP contribution in [0.4, 0.5) is 0 Å². The van der Waals surface area contributed by atoms with Crippen LogP contribution in [0, 0.1) is 5.92 Å². The maximum atomic E-state index is 11.7. The monoisotopic (exact) mass is 367 g/mol. The van der Waals surface area contributed by atoms with Gasteiger partial charge in [-0.1, -0.05) is 55.3 Å². The Morgan fingerprint density at radius 3 is 2.41 bits per heavy atom. The van der Waals surface area contributed by atoms with Crippen LogP contribution in [-0.4, -0.2) is 17.6 Å². The summed E-state index contributed by atoms with van der Waals surface area (Å²) in [6.45, 7) is 7.17. The minimum atomic E-state index is -0.828. The Morgan fingerprint density at radius 2 is 1.91 bits per heavy atom. The summed E-state index contributed by atoms with van der Waals surface area (Å²) in [5.74, 6) is -0.343. The second-order valence-electron chi connectivity index (χ2n) is 5.94. The van der Waals surface area contributed by atoms with E-state index in [2.05, 4.69) is 42.0 Å². The molecule has 3 nitrogen and oxygen atoms in total. The minimum Gasteiger partial charge on any atom is -0.478 e. The van der Waals surface area contributed by atoms with Crippen molar-refractivity contribution in [2.75, 3.05) is 6.54 Å². The molecule has 1 aromatic rings. The van der Waals surface area contributed by atoms with Crippen molar-refractivity contribution in [3.8, 4) is 0 Å². The highest BCUT2D eigenvalue weighted by Gasteiger charge is 2.15. The standard InChI is InChI=1S/C18H26BrNO2/c1-4-5-6-17(20-12-13(2)3)16(18(21)22)11-14-7-9-15(19)10-8-14/h7-10,13,20H,4-6,11-12H2,1-3H3,(H,21,22)/b17-16-. The van der Waals surface area contributed by atoms with E-state index in [-0.39, 0.29) is 0 Å². The number of hydrogen-bond donors (Lipinski definition) is 2. The Kier molecular flexibility index (Phi) is 8.25. The van der Waals surface area contributed by atoms with E-state index in [4.69, 9.17) is 0 Å². The van der Waals surface area contributed by atoms with Crippen molar-refractivity contribution in [1.29, 1.82) is 0 Å². The third kappa shape index (κ3) is 6.65. The van der Waals surface area contributed by atoms with E-state index in [1.54, 1.807) is 0 Å². The normalized spacial score (nSPS) is 12.2. The molecule has 0 radical (unpaired) electrons. The number of carbonyl (C=O) groups is 1. The van der Waals surface area contributed by atoms with E-state index < -0.39 is 5.97 Å². The van der Waals surface area contributed by atoms with Gasteiger partial charge in [-0.25, -0.2) is 4.79 Å². The molecule has 0 aliphatic heterocycles. The smallest absolute Gasteiger partial charge is 0.333 e. The molecular formula is C18H26BrNO2. The summed E-state index contributed by atoms with van der Waals surface area (Å²) in [5, 5.41) is 13.0. The molecule has 0 saturated carbocycles. The highest BCUT2D eigenvalue weighted by atomic mass is 79.9. The van der Waals surface area contributed by atoms with E-state index >= 15 is 0 Å². The van der Waals surface area contributed by atoms with Gasteiger partial charge in [0.2, 0.25) is 0 Å². The van der Waals surface area contributed by atoms with Crippen molar-refractivity contribution >= 4 is 21.9 Å². The molecule has 0 spiro atoms. The van der Waals surface area contributed by atoms with Gasteiger partial charge >= 0.3 is 5.97 Å². The maximum Gasteiger partial charge on any atom is 0.333 e. The molecule has 0 atom stereocenters. The lowest BCUT2D eigenvalue weighted by molar-refractivity contribution is -0.132. The molecule has 4 heteroatoms. The average molecular weight is 368 g/mol. The van der Waals surface area contributed by atoms with Crippen molar-refractivity contribution in [3.63, 3.8) is 0 Å². The molecule has 122 valence electrons. The average Bonchev–Trinajstić information content (AvgIpc) is 2.47. The molecule has 0 saturated heterocycles. The summed E-state index contributed by atoms with van der Waals surface area (Å²) in [5.41, 5.74) is 2.38. The predicted molar refractivity (Wildman–Crippen MR) is 94.9 cm³/mol. The van der Waals surface area contributed by atoms with E-state index in [0.717, 1.165) is 41.5 Å². The van der Waals surface area contributed by atoms with Gasteiger partial charge in [-0.3, -0.25) is 0 Å². The summed E-state index contributed by atoms with van der Waals surface area (Å²) in [7, 11) is 0. The first-order valence-corrected chi connectivity index (χ1v) is 8.67. The van der Waals surface area contributed by atoms with Gasteiger partial charge in [0.15, 0.2) is 0 Å². The fourth-order valence-corrected chi connectivity index (χ4v) is 2.41. The zero-order valence-electron chi connectivity index (χ0n) is 13.7. The molecule has 0 bridgehead atoms. The van der Waals surface area contributed by atoms with Crippen LogP contribution in [0.15, 0.2) is 40.0 Å². The fourth-order valence-electron chi connectivity index (χ4n) is 2.14. The van der Waals surface area contributed by atoms with Gasteiger partial charge < -0.3 is 10.4 Å². The number of rotatable bonds is 9. The Labute approximate surface area is 141 Å². The molecular weight excluding hydrogens is 342 g/mol. The molecule has 2 N–H and O–H groups in total. The Balaban J connectivity index is 3.00. The summed E-state index contributed by atoms with van der Waals surface area (Å²) < 4.78 is 1.00. The lowest BCUT2D eigenvalue weighted by Crippen LogP contribution is -2.23. The van der Waals surface area contributed by atoms with Crippen LogP contribution in [0.25, 0.3) is 0 Å². The van der Waals surface area contributed by atoms with Gasteiger partial charge in [0.1, 0.15) is 0 Å². The van der Waals surface area contributed by atoms with Crippen molar-refractivity contribution in [2.24, 2.45) is 5.92 Å². The van der Waals surface area contributed by atoms with Gasteiger partial charge in [-0.2, -0.15) is 0 Å². The van der Waals surface area contributed by atoms with Crippen LogP contribution in [0.2, 0.25) is 0 Å². The maximum absolute atomic E-state index is 11.7. The zero-order valence-corrected chi connectivity index (χ0v) is 15.2. The highest BCUT2D eigenvalue weighted by molar-refractivity contribution is 9.10. The van der Waals surface area contributed by atoms with E-state index in [9.17, 15) is 9.90 Å². The molecule has 0 aliphatic carbocycles. The van der Waals surface area contributed by atoms with Gasteiger partial charge in [-0.05, 0) is 36.5 Å². The van der Waals surface area contributed by atoms with Crippen molar-refractivity contribution in [1.82, 2.24) is 5.32 Å². The summed E-state index contributed by atoms with van der Waals surface area (Å²) in [6.07, 6.45) is 3.30. The first-order valence-electron chi connectivity index (χ1n) is 7.87. The molecule has 1 aromatic carbocycles. The summed E-state index contributed by atoms with van der Waals surface area (Å²) in [6, 6.07) is 7.82. The highest BCUT2D eigenvalue weighted by Crippen LogP contribution is 2.18. The number of hydrogen-bond acceptors (Lipinski definition) is 2. The van der Waals surface area contributed by atoms with Crippen LogP contribution < -0.4 is 5.32 Å². The van der Waals surface area contributed by atoms with E-state index in [0.29, 0.717) is 17.9 Å². The van der Waals surface area contributed by atoms with Crippen LogP contribution in [-0.2, 0) is 11.2 Å². The topological polar surface area (TPSA) is 49.3 Å². The number of carboxylic acids is 1. The largest absolute Gasteiger partial charge is 0.478 e. The second-order valence-corrected chi connectivity index (χ2v) is 6.86. The zero-order chi connectivity index (χ0) is 16.5. The van der Waals surface area contributed by atoms with Gasteiger partial charge in [0.05, 0.1) is 5.57 Å². The third-order valence-electron chi connectivity index (χ3n) is 3.42. The van der Waals surface area contributed by atoms with Crippen molar-refractivity contribution in [2.45, 2.75) is 46.5 Å². The first kappa shape index (κ1) is 18.8. The van der Waals surface area contributed by atoms with Gasteiger partial charge in [0.25, 0.3) is 0 Å². The minimum absolute atomic E-state index is 0.451. The number of halogens is 1. The van der Waals surface area contributed by atoms with Crippen LogP contribution >= 0.6 is 15.9 Å². The Hall–Kier alpha value is -1.29. The molecule has 0 amide bonds. The van der Waals surface area contributed by atoms with Crippen molar-refractivity contribution in [3.05, 3.63) is 45.6 Å². The molecule has 22 heavy (non-hydrogen) atoms. The Morgan fingerprint density at radius 1 is 1.27 bits per heavy atom. The summed E-state index contributed by atoms with van der Waals surface area (Å²) in [4.78, 5) is 11.7. The third-order valence-corrected chi connectivity index (χ3v) is 3.95. The second kappa shape index (κ2) is 9.67. The quantitative estimate of drug-likeness (QED) is 0.618. The molecule has 0 fully saturated rings. The fraction of sp³-hybridized carbons (Fsp3) is 0.500. The SMILES string of the molecule is CCCC/C(NCC(C)C)=C(\Cc1ccc(Br)cc1)C(=O)O. The van der Waals surface area contributed by atoms with Crippen LogP contribution in [0.1, 0.15) is 45.6 Å². The first-order chi connectivity index (χ1) is 10.4. The molecule has 0 aliphatic rings.